The molecular formula is C24H27N5O3S. The zero-order chi connectivity index (χ0) is 23.2. The maximum Gasteiger partial charge on any atom is 0.286 e. The third-order valence-electron chi connectivity index (χ3n) is 6.78. The van der Waals surface area contributed by atoms with Gasteiger partial charge in [-0.15, -0.1) is 0 Å². The number of imide groups is 1. The lowest BCUT2D eigenvalue weighted by Crippen LogP contribution is -2.41. The second kappa shape index (κ2) is 8.44. The van der Waals surface area contributed by atoms with Crippen LogP contribution in [0.2, 0.25) is 0 Å². The Morgan fingerprint density at radius 2 is 1.85 bits per heavy atom. The largest absolute Gasteiger partial charge is 0.463 e. The van der Waals surface area contributed by atoms with Crippen LogP contribution in [0.4, 0.5) is 16.3 Å². The molecule has 1 aromatic heterocycles. The summed E-state index contributed by atoms with van der Waals surface area (Å²) in [6, 6.07) is 8.55. The number of rotatable bonds is 4. The van der Waals surface area contributed by atoms with Crippen molar-refractivity contribution in [2.24, 2.45) is 10.9 Å². The monoisotopic (exact) mass is 465 g/mol. The van der Waals surface area contributed by atoms with Gasteiger partial charge < -0.3 is 10.5 Å². The first-order valence-corrected chi connectivity index (χ1v) is 12.2. The van der Waals surface area contributed by atoms with Gasteiger partial charge in [0.15, 0.2) is 11.5 Å². The molecule has 1 aliphatic carbocycles. The highest BCUT2D eigenvalue weighted by molar-refractivity contribution is 8.15. The van der Waals surface area contributed by atoms with Crippen LogP contribution in [-0.2, 0) is 4.79 Å². The van der Waals surface area contributed by atoms with Crippen molar-refractivity contribution < 1.29 is 14.3 Å². The molecule has 3 aliphatic rings. The van der Waals surface area contributed by atoms with Crippen LogP contribution in [0.3, 0.4) is 0 Å². The number of nitrogen functional groups attached to an aromatic ring is 1. The van der Waals surface area contributed by atoms with Crippen molar-refractivity contribution in [2.75, 3.05) is 5.73 Å². The number of aromatic nitrogens is 2. The molecule has 8 nitrogen and oxygen atoms in total. The summed E-state index contributed by atoms with van der Waals surface area (Å²) in [6.07, 6.45) is 6.51. The van der Waals surface area contributed by atoms with Gasteiger partial charge in [0, 0.05) is 5.56 Å². The van der Waals surface area contributed by atoms with Crippen molar-refractivity contribution in [3.63, 3.8) is 0 Å². The summed E-state index contributed by atoms with van der Waals surface area (Å²) in [4.78, 5) is 36.2. The number of fused-ring (bicyclic) bond motifs is 1. The molecule has 9 heteroatoms. The van der Waals surface area contributed by atoms with Gasteiger partial charge in [-0.1, -0.05) is 36.0 Å². The van der Waals surface area contributed by atoms with Crippen LogP contribution in [-0.4, -0.2) is 37.7 Å². The second-order valence-electron chi connectivity index (χ2n) is 9.44. The van der Waals surface area contributed by atoms with E-state index in [0.717, 1.165) is 55.1 Å². The molecule has 33 heavy (non-hydrogen) atoms. The van der Waals surface area contributed by atoms with Crippen molar-refractivity contribution in [1.82, 2.24) is 15.3 Å². The predicted octanol–water partition coefficient (Wildman–Crippen LogP) is 4.37. The first-order valence-electron chi connectivity index (χ1n) is 11.3. The highest BCUT2D eigenvalue weighted by Gasteiger charge is 2.36. The smallest absolute Gasteiger partial charge is 0.286 e. The number of hydrogen-bond donors (Lipinski definition) is 2. The van der Waals surface area contributed by atoms with Crippen molar-refractivity contribution in [3.8, 4) is 5.88 Å². The third-order valence-corrected chi connectivity index (χ3v) is 7.79. The SMILES string of the molecule is CC1(C)Oc2ncnc(N)c2N=C1c1ccc(C2CCC(CC3SC(=O)NC3=O)CC2)cc1. The van der Waals surface area contributed by atoms with Gasteiger partial charge in [-0.2, -0.15) is 4.98 Å². The topological polar surface area (TPSA) is 120 Å². The maximum absolute atomic E-state index is 11.9. The van der Waals surface area contributed by atoms with Gasteiger partial charge in [0.2, 0.25) is 11.8 Å². The Balaban J connectivity index is 1.26. The van der Waals surface area contributed by atoms with Gasteiger partial charge in [-0.05, 0) is 63.4 Å². The lowest BCUT2D eigenvalue weighted by atomic mass is 9.77. The number of nitrogens with one attached hydrogen (secondary N) is 1. The van der Waals surface area contributed by atoms with Gasteiger partial charge >= 0.3 is 0 Å². The number of aliphatic imine (C=N–C) groups is 1. The molecule has 1 unspecified atom stereocenters. The van der Waals surface area contributed by atoms with E-state index in [0.29, 0.717) is 29.2 Å². The number of carbonyl (C=O) groups is 2. The van der Waals surface area contributed by atoms with Crippen LogP contribution < -0.4 is 15.8 Å². The average molecular weight is 466 g/mol. The van der Waals surface area contributed by atoms with Crippen LogP contribution in [0.1, 0.15) is 63.0 Å². The molecule has 0 radical (unpaired) electrons. The highest BCUT2D eigenvalue weighted by atomic mass is 32.2. The average Bonchev–Trinajstić information content (AvgIpc) is 3.10. The summed E-state index contributed by atoms with van der Waals surface area (Å²) in [5.74, 6) is 1.58. The number of hydrogen-bond acceptors (Lipinski definition) is 8. The summed E-state index contributed by atoms with van der Waals surface area (Å²) in [5.41, 5.74) is 8.93. The Morgan fingerprint density at radius 1 is 1.12 bits per heavy atom. The Labute approximate surface area is 196 Å². The Morgan fingerprint density at radius 3 is 2.52 bits per heavy atom. The zero-order valence-corrected chi connectivity index (χ0v) is 19.5. The number of nitrogens with zero attached hydrogens (tertiary/aromatic N) is 3. The molecule has 5 rings (SSSR count). The van der Waals surface area contributed by atoms with Gasteiger partial charge in [0.1, 0.15) is 11.9 Å². The minimum atomic E-state index is -0.640. The van der Waals surface area contributed by atoms with Crippen LogP contribution in [0.25, 0.3) is 0 Å². The van der Waals surface area contributed by atoms with Crippen molar-refractivity contribution in [2.45, 2.75) is 62.7 Å². The number of amides is 2. The molecule has 2 aromatic rings. The van der Waals surface area contributed by atoms with Gasteiger partial charge in [-0.3, -0.25) is 14.9 Å². The zero-order valence-electron chi connectivity index (χ0n) is 18.7. The summed E-state index contributed by atoms with van der Waals surface area (Å²) in [5, 5.41) is 1.96. The summed E-state index contributed by atoms with van der Waals surface area (Å²) >= 11 is 1.14. The van der Waals surface area contributed by atoms with E-state index in [-0.39, 0.29) is 16.4 Å². The van der Waals surface area contributed by atoms with E-state index in [4.69, 9.17) is 15.5 Å². The number of thioether (sulfide) groups is 1. The fourth-order valence-corrected chi connectivity index (χ4v) is 5.95. The van der Waals surface area contributed by atoms with E-state index >= 15 is 0 Å². The fraction of sp³-hybridized carbons (Fsp3) is 0.458. The standard InChI is InChI=1S/C24H27N5O3S/c1-24(2)19(28-18-20(25)26-12-27-22(18)32-24)16-9-7-15(8-10-16)14-5-3-13(4-6-14)11-17-21(30)29-23(31)33-17/h7-10,12-14,17H,3-6,11H2,1-2H3,(H2,25,26,27)(H,29,30,31). The molecule has 2 amide bonds. The molecule has 3 heterocycles. The molecule has 0 bridgehead atoms. The first kappa shape index (κ1) is 21.9. The molecule has 1 aromatic carbocycles. The van der Waals surface area contributed by atoms with E-state index in [9.17, 15) is 9.59 Å². The third kappa shape index (κ3) is 4.34. The van der Waals surface area contributed by atoms with Gasteiger partial charge in [0.25, 0.3) is 5.24 Å². The van der Waals surface area contributed by atoms with Crippen LogP contribution >= 0.6 is 11.8 Å². The number of carbonyl (C=O) groups excluding carboxylic acids is 2. The quantitative estimate of drug-likeness (QED) is 0.688. The molecule has 2 aliphatic heterocycles. The molecule has 1 atom stereocenters. The lowest BCUT2D eigenvalue weighted by Gasteiger charge is -2.32. The van der Waals surface area contributed by atoms with Crippen LogP contribution in [0, 0.1) is 5.92 Å². The minimum Gasteiger partial charge on any atom is -0.463 e. The maximum atomic E-state index is 11.9. The molecule has 2 fully saturated rings. The van der Waals surface area contributed by atoms with E-state index in [1.54, 1.807) is 0 Å². The van der Waals surface area contributed by atoms with E-state index in [1.165, 1.54) is 11.9 Å². The predicted molar refractivity (Wildman–Crippen MR) is 128 cm³/mol. The number of nitrogens with two attached hydrogens (primary N) is 1. The highest BCUT2D eigenvalue weighted by Crippen LogP contribution is 2.41. The van der Waals surface area contributed by atoms with Crippen LogP contribution in [0.5, 0.6) is 5.88 Å². The molecular weight excluding hydrogens is 438 g/mol. The summed E-state index contributed by atoms with van der Waals surface area (Å²) < 4.78 is 6.08. The first-order chi connectivity index (χ1) is 15.8. The molecule has 1 saturated heterocycles. The molecule has 0 spiro atoms. The van der Waals surface area contributed by atoms with Crippen LogP contribution in [0.15, 0.2) is 35.6 Å². The van der Waals surface area contributed by atoms with Crippen molar-refractivity contribution >= 4 is 40.1 Å². The van der Waals surface area contributed by atoms with Gasteiger partial charge in [-0.25, -0.2) is 9.98 Å². The Kier molecular flexibility index (Phi) is 5.60. The minimum absolute atomic E-state index is 0.129. The van der Waals surface area contributed by atoms with Crippen molar-refractivity contribution in [1.29, 1.82) is 0 Å². The number of anilines is 1. The molecule has 3 N–H and O–H groups in total. The van der Waals surface area contributed by atoms with E-state index in [1.807, 2.05) is 13.8 Å². The number of benzene rings is 1. The van der Waals surface area contributed by atoms with Gasteiger partial charge in [0.05, 0.1) is 11.0 Å². The number of ether oxygens (including phenoxy) is 1. The van der Waals surface area contributed by atoms with Crippen molar-refractivity contribution in [3.05, 3.63) is 41.7 Å². The van der Waals surface area contributed by atoms with E-state index < -0.39 is 5.60 Å². The fourth-order valence-electron chi connectivity index (χ4n) is 5.00. The summed E-state index contributed by atoms with van der Waals surface area (Å²) in [7, 11) is 0. The molecule has 172 valence electrons. The summed E-state index contributed by atoms with van der Waals surface area (Å²) in [6.45, 7) is 3.94. The Bertz CT molecular complexity index is 1120. The lowest BCUT2D eigenvalue weighted by molar-refractivity contribution is -0.119. The second-order valence-corrected chi connectivity index (χ2v) is 10.6. The molecule has 1 saturated carbocycles. The normalized spacial score (nSPS) is 26.2. The van der Waals surface area contributed by atoms with E-state index in [2.05, 4.69) is 39.6 Å². The Hall–Kier alpha value is -2.94.